The van der Waals surface area contributed by atoms with E-state index in [1.807, 2.05) is 0 Å². The van der Waals surface area contributed by atoms with Crippen LogP contribution < -0.4 is 10.6 Å². The van der Waals surface area contributed by atoms with E-state index in [0.717, 1.165) is 6.07 Å². The summed E-state index contributed by atoms with van der Waals surface area (Å²) in [6.07, 6.45) is -4.42. The zero-order valence-corrected chi connectivity index (χ0v) is 14.8. The summed E-state index contributed by atoms with van der Waals surface area (Å²) in [5, 5.41) is 0. The topological polar surface area (TPSA) is 49.6 Å². The molecule has 1 aliphatic heterocycles. The van der Waals surface area contributed by atoms with Gasteiger partial charge in [-0.1, -0.05) is 15.9 Å². The standard InChI is InChI=1S/C14H17BrF3N3O.ClH/c1-9(19)13(22)21-6-4-20(5-7-21)12-3-2-10(15)8-11(12)14(16,17)18;/h2-3,8-9H,4-7,19H2,1H3;1H. The SMILES string of the molecule is CC(N)C(=O)N1CCN(c2ccc(Br)cc2C(F)(F)F)CC1.Cl. The van der Waals surface area contributed by atoms with E-state index in [2.05, 4.69) is 15.9 Å². The van der Waals surface area contributed by atoms with E-state index in [1.54, 1.807) is 22.8 Å². The highest BCUT2D eigenvalue weighted by Gasteiger charge is 2.36. The Labute approximate surface area is 147 Å². The van der Waals surface area contributed by atoms with Gasteiger partial charge in [0, 0.05) is 36.3 Å². The Morgan fingerprint density at radius 1 is 1.26 bits per heavy atom. The Balaban J connectivity index is 0.00000264. The molecule has 1 aromatic carbocycles. The lowest BCUT2D eigenvalue weighted by Crippen LogP contribution is -2.52. The van der Waals surface area contributed by atoms with Gasteiger partial charge < -0.3 is 15.5 Å². The molecule has 0 bridgehead atoms. The number of hydrogen-bond donors (Lipinski definition) is 1. The summed E-state index contributed by atoms with van der Waals surface area (Å²) < 4.78 is 39.9. The molecule has 1 aromatic rings. The first kappa shape index (κ1) is 20.1. The molecule has 9 heteroatoms. The van der Waals surface area contributed by atoms with Crippen LogP contribution in [0.5, 0.6) is 0 Å². The van der Waals surface area contributed by atoms with Crippen LogP contribution >= 0.6 is 28.3 Å². The Hall–Kier alpha value is -0.990. The van der Waals surface area contributed by atoms with E-state index in [-0.39, 0.29) is 24.0 Å². The molecule has 23 heavy (non-hydrogen) atoms. The zero-order chi connectivity index (χ0) is 16.5. The number of nitrogens with zero attached hydrogens (tertiary/aromatic N) is 2. The van der Waals surface area contributed by atoms with E-state index in [9.17, 15) is 18.0 Å². The van der Waals surface area contributed by atoms with Crippen LogP contribution in [0.4, 0.5) is 18.9 Å². The van der Waals surface area contributed by atoms with Gasteiger partial charge in [0.1, 0.15) is 0 Å². The van der Waals surface area contributed by atoms with E-state index in [0.29, 0.717) is 30.7 Å². The smallest absolute Gasteiger partial charge is 0.367 e. The molecular weight excluding hydrogens is 399 g/mol. The molecule has 1 saturated heterocycles. The van der Waals surface area contributed by atoms with Crippen molar-refractivity contribution in [3.63, 3.8) is 0 Å². The third-order valence-electron chi connectivity index (χ3n) is 3.59. The van der Waals surface area contributed by atoms with Gasteiger partial charge in [0.15, 0.2) is 0 Å². The maximum absolute atomic E-state index is 13.2. The van der Waals surface area contributed by atoms with Crippen LogP contribution in [0.15, 0.2) is 22.7 Å². The van der Waals surface area contributed by atoms with Gasteiger partial charge in [-0.05, 0) is 25.1 Å². The summed E-state index contributed by atoms with van der Waals surface area (Å²) in [6, 6.07) is 3.53. The molecule has 2 rings (SSSR count). The number of nitrogens with two attached hydrogens (primary N) is 1. The highest BCUT2D eigenvalue weighted by atomic mass is 79.9. The van der Waals surface area contributed by atoms with Crippen LogP contribution in [0.2, 0.25) is 0 Å². The summed E-state index contributed by atoms with van der Waals surface area (Å²) in [6.45, 7) is 3.04. The molecule has 0 saturated carbocycles. The van der Waals surface area contributed by atoms with Gasteiger partial charge in [-0.3, -0.25) is 4.79 Å². The normalized spacial score (nSPS) is 16.8. The van der Waals surface area contributed by atoms with Crippen LogP contribution in [-0.4, -0.2) is 43.0 Å². The lowest BCUT2D eigenvalue weighted by molar-refractivity contribution is -0.137. The highest BCUT2D eigenvalue weighted by Crippen LogP contribution is 2.38. The molecule has 0 radical (unpaired) electrons. The number of piperazine rings is 1. The molecule has 2 N–H and O–H groups in total. The molecule has 1 unspecified atom stereocenters. The van der Waals surface area contributed by atoms with Crippen molar-refractivity contribution in [2.24, 2.45) is 5.73 Å². The Bertz CT molecular complexity index is 561. The van der Waals surface area contributed by atoms with Crippen LogP contribution in [0.3, 0.4) is 0 Å². The molecule has 130 valence electrons. The number of hydrogen-bond acceptors (Lipinski definition) is 3. The minimum atomic E-state index is -4.42. The van der Waals surface area contributed by atoms with E-state index < -0.39 is 17.8 Å². The molecule has 1 atom stereocenters. The fraction of sp³-hybridized carbons (Fsp3) is 0.500. The van der Waals surface area contributed by atoms with Crippen LogP contribution in [0.25, 0.3) is 0 Å². The van der Waals surface area contributed by atoms with Crippen molar-refractivity contribution in [2.75, 3.05) is 31.1 Å². The molecular formula is C14H18BrClF3N3O. The second kappa shape index (κ2) is 7.72. The zero-order valence-electron chi connectivity index (χ0n) is 12.4. The predicted molar refractivity (Wildman–Crippen MR) is 88.8 cm³/mol. The number of halogens is 5. The monoisotopic (exact) mass is 415 g/mol. The molecule has 1 fully saturated rings. The van der Waals surface area contributed by atoms with Crippen molar-refractivity contribution in [1.29, 1.82) is 0 Å². The first-order chi connectivity index (χ1) is 10.2. The first-order valence-corrected chi connectivity index (χ1v) is 7.65. The van der Waals surface area contributed by atoms with Gasteiger partial charge >= 0.3 is 6.18 Å². The molecule has 1 aliphatic rings. The maximum atomic E-state index is 13.2. The van der Waals surface area contributed by atoms with E-state index >= 15 is 0 Å². The summed E-state index contributed by atoms with van der Waals surface area (Å²) in [4.78, 5) is 15.1. The lowest BCUT2D eigenvalue weighted by Gasteiger charge is -2.37. The summed E-state index contributed by atoms with van der Waals surface area (Å²) in [7, 11) is 0. The largest absolute Gasteiger partial charge is 0.418 e. The van der Waals surface area contributed by atoms with Gasteiger partial charge in [0.2, 0.25) is 5.91 Å². The van der Waals surface area contributed by atoms with Crippen molar-refractivity contribution in [3.8, 4) is 0 Å². The quantitative estimate of drug-likeness (QED) is 0.806. The van der Waals surface area contributed by atoms with Crippen LogP contribution in [-0.2, 0) is 11.0 Å². The van der Waals surface area contributed by atoms with Gasteiger partial charge in [0.25, 0.3) is 0 Å². The fourth-order valence-corrected chi connectivity index (χ4v) is 2.83. The third-order valence-corrected chi connectivity index (χ3v) is 4.08. The summed E-state index contributed by atoms with van der Waals surface area (Å²) in [5.41, 5.74) is 5.02. The van der Waals surface area contributed by atoms with E-state index in [1.165, 1.54) is 6.07 Å². The number of rotatable bonds is 2. The molecule has 1 heterocycles. The highest BCUT2D eigenvalue weighted by molar-refractivity contribution is 9.10. The first-order valence-electron chi connectivity index (χ1n) is 6.86. The van der Waals surface area contributed by atoms with Crippen molar-refractivity contribution < 1.29 is 18.0 Å². The van der Waals surface area contributed by atoms with Crippen molar-refractivity contribution in [2.45, 2.75) is 19.1 Å². The minimum absolute atomic E-state index is 0. The number of carbonyl (C=O) groups is 1. The summed E-state index contributed by atoms with van der Waals surface area (Å²) in [5.74, 6) is -0.175. The number of carbonyl (C=O) groups excluding carboxylic acids is 1. The van der Waals surface area contributed by atoms with E-state index in [4.69, 9.17) is 5.73 Å². The Morgan fingerprint density at radius 3 is 2.30 bits per heavy atom. The summed E-state index contributed by atoms with van der Waals surface area (Å²) >= 11 is 3.07. The third kappa shape index (κ3) is 4.74. The van der Waals surface area contributed by atoms with Crippen molar-refractivity contribution in [3.05, 3.63) is 28.2 Å². The Morgan fingerprint density at radius 2 is 1.83 bits per heavy atom. The number of anilines is 1. The molecule has 0 spiro atoms. The van der Waals surface area contributed by atoms with Gasteiger partial charge in [0.05, 0.1) is 11.6 Å². The maximum Gasteiger partial charge on any atom is 0.418 e. The molecule has 0 aromatic heterocycles. The van der Waals surface area contributed by atoms with Gasteiger partial charge in [-0.25, -0.2) is 0 Å². The lowest BCUT2D eigenvalue weighted by atomic mass is 10.1. The van der Waals surface area contributed by atoms with Crippen molar-refractivity contribution in [1.82, 2.24) is 4.90 Å². The molecule has 0 aliphatic carbocycles. The van der Waals surface area contributed by atoms with Gasteiger partial charge in [-0.2, -0.15) is 13.2 Å². The fourth-order valence-electron chi connectivity index (χ4n) is 2.47. The second-order valence-electron chi connectivity index (χ2n) is 5.26. The second-order valence-corrected chi connectivity index (χ2v) is 6.18. The number of amides is 1. The number of alkyl halides is 3. The van der Waals surface area contributed by atoms with Crippen LogP contribution in [0, 0.1) is 0 Å². The predicted octanol–water partition coefficient (Wildman–Crippen LogP) is 2.89. The minimum Gasteiger partial charge on any atom is -0.367 e. The molecule has 1 amide bonds. The number of benzene rings is 1. The average Bonchev–Trinajstić information content (AvgIpc) is 2.45. The average molecular weight is 417 g/mol. The Kier molecular flexibility index (Phi) is 6.73. The van der Waals surface area contributed by atoms with Gasteiger partial charge in [-0.15, -0.1) is 12.4 Å². The van der Waals surface area contributed by atoms with Crippen molar-refractivity contribution >= 4 is 39.9 Å². The van der Waals surface area contributed by atoms with Crippen LogP contribution in [0.1, 0.15) is 12.5 Å². The molecule has 4 nitrogen and oxygen atoms in total.